The van der Waals surface area contributed by atoms with Gasteiger partial charge in [0.1, 0.15) is 13.2 Å². The first-order valence-corrected chi connectivity index (χ1v) is 8.39. The van der Waals surface area contributed by atoms with Crippen LogP contribution in [-0.2, 0) is 14.2 Å². The zero-order valence-corrected chi connectivity index (χ0v) is 14.6. The van der Waals surface area contributed by atoms with Crippen LogP contribution in [0.2, 0.25) is 0 Å². The summed E-state index contributed by atoms with van der Waals surface area (Å²) in [7, 11) is 1.63. The molecule has 5 nitrogen and oxygen atoms in total. The van der Waals surface area contributed by atoms with Crippen molar-refractivity contribution in [3.63, 3.8) is 0 Å². The van der Waals surface area contributed by atoms with Gasteiger partial charge in [-0.25, -0.2) is 0 Å². The first-order valence-electron chi connectivity index (χ1n) is 8.39. The van der Waals surface area contributed by atoms with Gasteiger partial charge in [-0.3, -0.25) is 0 Å². The normalized spacial score (nSPS) is 18.1. The van der Waals surface area contributed by atoms with Gasteiger partial charge >= 0.3 is 0 Å². The lowest BCUT2D eigenvalue weighted by molar-refractivity contribution is 0.0426. The van der Waals surface area contributed by atoms with Crippen molar-refractivity contribution in [3.8, 4) is 11.8 Å². The molecular weight excluding hydrogens is 280 g/mol. The number of hydrogen-bond donors (Lipinski definition) is 1. The quantitative estimate of drug-likeness (QED) is 0.514. The predicted octanol–water partition coefficient (Wildman–Crippen LogP) is 1.37. The molecule has 0 aromatic carbocycles. The maximum absolute atomic E-state index is 5.73. The third-order valence-corrected chi connectivity index (χ3v) is 3.38. The highest BCUT2D eigenvalue weighted by molar-refractivity contribution is 4.98. The minimum absolute atomic E-state index is 0.441. The average Bonchev–Trinajstić information content (AvgIpc) is 2.58. The van der Waals surface area contributed by atoms with Crippen LogP contribution >= 0.6 is 0 Å². The summed E-state index contributed by atoms with van der Waals surface area (Å²) in [6.45, 7) is 11.0. The third-order valence-electron chi connectivity index (χ3n) is 3.38. The monoisotopic (exact) mass is 314 g/mol. The van der Waals surface area contributed by atoms with Gasteiger partial charge in [-0.15, -0.1) is 0 Å². The topological polar surface area (TPSA) is 57.0 Å². The van der Waals surface area contributed by atoms with E-state index in [0.717, 1.165) is 26.2 Å². The molecule has 0 spiro atoms. The summed E-state index contributed by atoms with van der Waals surface area (Å²) in [5.41, 5.74) is 5.73. The predicted molar refractivity (Wildman–Crippen MR) is 90.9 cm³/mol. The van der Waals surface area contributed by atoms with Crippen LogP contribution in [0, 0.1) is 17.8 Å². The largest absolute Gasteiger partial charge is 0.378 e. The van der Waals surface area contributed by atoms with E-state index in [2.05, 4.69) is 16.7 Å². The number of piperidine rings is 1. The summed E-state index contributed by atoms with van der Waals surface area (Å²) < 4.78 is 15.7. The third kappa shape index (κ3) is 12.0. The molecule has 0 saturated carbocycles. The number of hydrogen-bond acceptors (Lipinski definition) is 5. The Morgan fingerprint density at radius 1 is 1.09 bits per heavy atom. The van der Waals surface area contributed by atoms with Gasteiger partial charge in [0.15, 0.2) is 0 Å². The molecule has 0 aromatic rings. The molecule has 1 saturated heterocycles. The Hall–Kier alpha value is -0.640. The van der Waals surface area contributed by atoms with Crippen molar-refractivity contribution in [1.29, 1.82) is 0 Å². The molecule has 1 aliphatic heterocycles. The van der Waals surface area contributed by atoms with E-state index >= 15 is 0 Å². The van der Waals surface area contributed by atoms with Crippen molar-refractivity contribution in [2.45, 2.75) is 26.7 Å². The van der Waals surface area contributed by atoms with Crippen molar-refractivity contribution in [1.82, 2.24) is 4.90 Å². The van der Waals surface area contributed by atoms with Gasteiger partial charge in [-0.1, -0.05) is 25.7 Å². The van der Waals surface area contributed by atoms with Gasteiger partial charge in [0.05, 0.1) is 19.8 Å². The van der Waals surface area contributed by atoms with Crippen LogP contribution in [0.15, 0.2) is 0 Å². The van der Waals surface area contributed by atoms with Crippen molar-refractivity contribution in [3.05, 3.63) is 0 Å². The molecule has 0 bridgehead atoms. The summed E-state index contributed by atoms with van der Waals surface area (Å²) in [5.74, 6) is 6.37. The van der Waals surface area contributed by atoms with Gasteiger partial charge in [0, 0.05) is 20.2 Å². The first-order chi connectivity index (χ1) is 10.9. The van der Waals surface area contributed by atoms with E-state index < -0.39 is 0 Å². The molecular formula is C17H34N2O3. The van der Waals surface area contributed by atoms with Gasteiger partial charge in [-0.05, 0) is 31.8 Å². The van der Waals surface area contributed by atoms with Crippen LogP contribution in [0.3, 0.4) is 0 Å². The second kappa shape index (κ2) is 16.7. The smallest absolute Gasteiger partial charge is 0.107 e. The first kappa shape index (κ1) is 21.4. The van der Waals surface area contributed by atoms with Crippen LogP contribution in [0.5, 0.6) is 0 Å². The van der Waals surface area contributed by atoms with Crippen LogP contribution in [-0.4, -0.2) is 71.2 Å². The van der Waals surface area contributed by atoms with Gasteiger partial charge in [-0.2, -0.15) is 0 Å². The summed E-state index contributed by atoms with van der Waals surface area (Å²) in [6, 6.07) is 0. The van der Waals surface area contributed by atoms with Gasteiger partial charge < -0.3 is 24.8 Å². The Morgan fingerprint density at radius 3 is 2.55 bits per heavy atom. The van der Waals surface area contributed by atoms with E-state index in [4.69, 9.17) is 19.9 Å². The van der Waals surface area contributed by atoms with Crippen LogP contribution in [0.4, 0.5) is 0 Å². The van der Waals surface area contributed by atoms with Gasteiger partial charge in [0.2, 0.25) is 0 Å². The fraction of sp³-hybridized carbons (Fsp3) is 0.882. The SMILES string of the molecule is CC.COCC#CCOCCOCCN1CCCC(CN)C1. The highest BCUT2D eigenvalue weighted by Crippen LogP contribution is 2.14. The molecule has 0 aliphatic carbocycles. The zero-order valence-electron chi connectivity index (χ0n) is 14.6. The maximum atomic E-state index is 5.73. The molecule has 1 atom stereocenters. The van der Waals surface area contributed by atoms with Crippen LogP contribution in [0.25, 0.3) is 0 Å². The Kier molecular flexibility index (Phi) is 16.2. The average molecular weight is 314 g/mol. The molecule has 1 unspecified atom stereocenters. The Labute approximate surface area is 136 Å². The van der Waals surface area contributed by atoms with E-state index in [-0.39, 0.29) is 0 Å². The fourth-order valence-electron chi connectivity index (χ4n) is 2.26. The molecule has 1 heterocycles. The highest BCUT2D eigenvalue weighted by Gasteiger charge is 2.17. The Bertz CT molecular complexity index is 289. The molecule has 5 heteroatoms. The van der Waals surface area contributed by atoms with Crippen molar-refractivity contribution in [2.75, 3.05) is 66.3 Å². The van der Waals surface area contributed by atoms with E-state index in [1.165, 1.54) is 19.4 Å². The summed E-state index contributed by atoms with van der Waals surface area (Å²) in [5, 5.41) is 0. The van der Waals surface area contributed by atoms with E-state index in [9.17, 15) is 0 Å². The minimum atomic E-state index is 0.441. The minimum Gasteiger partial charge on any atom is -0.378 e. The van der Waals surface area contributed by atoms with Crippen molar-refractivity contribution < 1.29 is 14.2 Å². The van der Waals surface area contributed by atoms with Crippen LogP contribution < -0.4 is 5.73 Å². The Balaban J connectivity index is 0.00000211. The molecule has 1 aliphatic rings. The van der Waals surface area contributed by atoms with Crippen LogP contribution in [0.1, 0.15) is 26.7 Å². The molecule has 0 amide bonds. The maximum Gasteiger partial charge on any atom is 0.107 e. The fourth-order valence-corrected chi connectivity index (χ4v) is 2.26. The van der Waals surface area contributed by atoms with Crippen molar-refractivity contribution >= 4 is 0 Å². The number of ether oxygens (including phenoxy) is 3. The number of methoxy groups -OCH3 is 1. The van der Waals surface area contributed by atoms with Gasteiger partial charge in [0.25, 0.3) is 0 Å². The second-order valence-corrected chi connectivity index (χ2v) is 5.00. The molecule has 0 aromatic heterocycles. The standard InChI is InChI=1S/C15H28N2O3.C2H6/c1-18-8-2-3-9-19-11-12-20-10-7-17-6-4-5-15(13-16)14-17;1-2/h15H,4-14,16H2,1H3;1-2H3. The molecule has 1 rings (SSSR count). The Morgan fingerprint density at radius 2 is 1.82 bits per heavy atom. The lowest BCUT2D eigenvalue weighted by atomic mass is 9.98. The molecule has 22 heavy (non-hydrogen) atoms. The zero-order chi connectivity index (χ0) is 16.5. The van der Waals surface area contributed by atoms with E-state index in [1.807, 2.05) is 13.8 Å². The summed E-state index contributed by atoms with van der Waals surface area (Å²) in [4.78, 5) is 2.44. The lowest BCUT2D eigenvalue weighted by Gasteiger charge is -2.31. The van der Waals surface area contributed by atoms with Crippen molar-refractivity contribution in [2.24, 2.45) is 11.7 Å². The number of likely N-dealkylation sites (tertiary alicyclic amines) is 1. The lowest BCUT2D eigenvalue weighted by Crippen LogP contribution is -2.40. The summed E-state index contributed by atoms with van der Waals surface area (Å²) >= 11 is 0. The molecule has 2 N–H and O–H groups in total. The summed E-state index contributed by atoms with van der Waals surface area (Å²) in [6.07, 6.45) is 2.52. The van der Waals surface area contributed by atoms with E-state index in [0.29, 0.717) is 32.3 Å². The molecule has 0 radical (unpaired) electrons. The molecule has 1 fully saturated rings. The number of nitrogens with two attached hydrogens (primary N) is 1. The number of rotatable bonds is 9. The number of nitrogens with zero attached hydrogens (tertiary/aromatic N) is 1. The highest BCUT2D eigenvalue weighted by atomic mass is 16.5. The second-order valence-electron chi connectivity index (χ2n) is 5.00. The van der Waals surface area contributed by atoms with E-state index in [1.54, 1.807) is 7.11 Å². The molecule has 130 valence electrons.